The van der Waals surface area contributed by atoms with E-state index >= 15 is 0 Å². The standard InChI is InChI=1S/C16H16IN3/c1-3-20-15-7-4-10(2)8-14(15)19-16(20)12-9-11(17)5-6-13(12)18/h4-9H,3,18H2,1-2H3. The number of nitrogens with zero attached hydrogens (tertiary/aromatic N) is 2. The SMILES string of the molecule is CCn1c(-c2cc(I)ccc2N)nc2cc(C)ccc21. The molecule has 3 aromatic rings. The van der Waals surface area contributed by atoms with Crippen molar-refractivity contribution in [1.82, 2.24) is 9.55 Å². The molecule has 2 aromatic carbocycles. The van der Waals surface area contributed by atoms with Gasteiger partial charge in [-0.05, 0) is 72.3 Å². The highest BCUT2D eigenvalue weighted by molar-refractivity contribution is 14.1. The Morgan fingerprint density at radius 1 is 1.20 bits per heavy atom. The van der Waals surface area contributed by atoms with Crippen molar-refractivity contribution in [3.05, 3.63) is 45.5 Å². The zero-order valence-corrected chi connectivity index (χ0v) is 13.7. The van der Waals surface area contributed by atoms with Gasteiger partial charge in [0.15, 0.2) is 0 Å². The average molecular weight is 377 g/mol. The van der Waals surface area contributed by atoms with Gasteiger partial charge >= 0.3 is 0 Å². The van der Waals surface area contributed by atoms with E-state index in [2.05, 4.69) is 65.3 Å². The van der Waals surface area contributed by atoms with Crippen molar-refractivity contribution >= 4 is 39.3 Å². The minimum Gasteiger partial charge on any atom is -0.398 e. The second-order valence-electron chi connectivity index (χ2n) is 4.90. The van der Waals surface area contributed by atoms with Gasteiger partial charge in [-0.15, -0.1) is 0 Å². The zero-order valence-electron chi connectivity index (χ0n) is 11.5. The van der Waals surface area contributed by atoms with Gasteiger partial charge in [-0.1, -0.05) is 6.07 Å². The molecule has 3 rings (SSSR count). The van der Waals surface area contributed by atoms with Crippen molar-refractivity contribution in [1.29, 1.82) is 0 Å². The van der Waals surface area contributed by atoms with Gasteiger partial charge < -0.3 is 10.3 Å². The van der Waals surface area contributed by atoms with Crippen molar-refractivity contribution < 1.29 is 0 Å². The van der Waals surface area contributed by atoms with Crippen LogP contribution in [0.4, 0.5) is 5.69 Å². The molecule has 1 heterocycles. The molecule has 3 nitrogen and oxygen atoms in total. The molecule has 0 radical (unpaired) electrons. The first-order valence-corrected chi connectivity index (χ1v) is 7.70. The van der Waals surface area contributed by atoms with Gasteiger partial charge in [0, 0.05) is 21.4 Å². The highest BCUT2D eigenvalue weighted by atomic mass is 127. The van der Waals surface area contributed by atoms with Crippen molar-refractivity contribution in [3.8, 4) is 11.4 Å². The molecule has 4 heteroatoms. The lowest BCUT2D eigenvalue weighted by molar-refractivity contribution is 0.796. The molecule has 0 aliphatic carbocycles. The highest BCUT2D eigenvalue weighted by Crippen LogP contribution is 2.30. The van der Waals surface area contributed by atoms with E-state index in [1.165, 1.54) is 5.56 Å². The number of halogens is 1. The number of fused-ring (bicyclic) bond motifs is 1. The smallest absolute Gasteiger partial charge is 0.143 e. The third-order valence-electron chi connectivity index (χ3n) is 3.48. The van der Waals surface area contributed by atoms with Gasteiger partial charge in [0.1, 0.15) is 5.82 Å². The summed E-state index contributed by atoms with van der Waals surface area (Å²) in [5.41, 5.74) is 11.3. The number of imidazole rings is 1. The first-order valence-electron chi connectivity index (χ1n) is 6.62. The second-order valence-corrected chi connectivity index (χ2v) is 6.15. The lowest BCUT2D eigenvalue weighted by Crippen LogP contribution is -2.00. The minimum absolute atomic E-state index is 0.771. The van der Waals surface area contributed by atoms with Crippen molar-refractivity contribution in [2.75, 3.05) is 5.73 Å². The monoisotopic (exact) mass is 377 g/mol. The maximum absolute atomic E-state index is 6.14. The normalized spacial score (nSPS) is 11.2. The van der Waals surface area contributed by atoms with Crippen LogP contribution in [-0.2, 0) is 6.54 Å². The Bertz CT molecular complexity index is 790. The maximum atomic E-state index is 6.14. The molecular weight excluding hydrogens is 361 g/mol. The molecule has 0 unspecified atom stereocenters. The molecule has 0 saturated carbocycles. The van der Waals surface area contributed by atoms with Crippen LogP contribution < -0.4 is 5.73 Å². The van der Waals surface area contributed by atoms with Crippen LogP contribution >= 0.6 is 22.6 Å². The highest BCUT2D eigenvalue weighted by Gasteiger charge is 2.14. The third-order valence-corrected chi connectivity index (χ3v) is 4.15. The van der Waals surface area contributed by atoms with Crippen molar-refractivity contribution in [3.63, 3.8) is 0 Å². The summed E-state index contributed by atoms with van der Waals surface area (Å²) in [6.45, 7) is 5.10. The van der Waals surface area contributed by atoms with Gasteiger partial charge in [-0.25, -0.2) is 4.98 Å². The molecule has 0 spiro atoms. The van der Waals surface area contributed by atoms with Gasteiger partial charge in [-0.2, -0.15) is 0 Å². The van der Waals surface area contributed by atoms with E-state index in [0.29, 0.717) is 0 Å². The van der Waals surface area contributed by atoms with E-state index in [1.807, 2.05) is 12.1 Å². The molecule has 0 aliphatic heterocycles. The summed E-state index contributed by atoms with van der Waals surface area (Å²) in [5, 5.41) is 0. The van der Waals surface area contributed by atoms with Gasteiger partial charge in [0.05, 0.1) is 11.0 Å². The van der Waals surface area contributed by atoms with E-state index in [1.54, 1.807) is 0 Å². The Morgan fingerprint density at radius 3 is 2.75 bits per heavy atom. The van der Waals surface area contributed by atoms with Gasteiger partial charge in [0.2, 0.25) is 0 Å². The number of anilines is 1. The first kappa shape index (κ1) is 13.4. The number of hydrogen-bond acceptors (Lipinski definition) is 2. The first-order chi connectivity index (χ1) is 9.60. The van der Waals surface area contributed by atoms with Crippen LogP contribution in [0.5, 0.6) is 0 Å². The molecule has 20 heavy (non-hydrogen) atoms. The fourth-order valence-electron chi connectivity index (χ4n) is 2.49. The number of rotatable bonds is 2. The molecule has 0 atom stereocenters. The van der Waals surface area contributed by atoms with Crippen LogP contribution in [0, 0.1) is 10.5 Å². The van der Waals surface area contributed by atoms with Crippen LogP contribution in [0.1, 0.15) is 12.5 Å². The van der Waals surface area contributed by atoms with Crippen LogP contribution in [0.15, 0.2) is 36.4 Å². The maximum Gasteiger partial charge on any atom is 0.143 e. The summed E-state index contributed by atoms with van der Waals surface area (Å²) in [7, 11) is 0. The Balaban J connectivity index is 2.32. The number of benzene rings is 2. The van der Waals surface area contributed by atoms with Gasteiger partial charge in [0.25, 0.3) is 0 Å². The number of aromatic nitrogens is 2. The Morgan fingerprint density at radius 2 is 2.00 bits per heavy atom. The summed E-state index contributed by atoms with van der Waals surface area (Å²) in [5.74, 6) is 0.948. The second kappa shape index (κ2) is 5.09. The van der Waals surface area contributed by atoms with E-state index in [4.69, 9.17) is 10.7 Å². The van der Waals surface area contributed by atoms with Crippen LogP contribution in [-0.4, -0.2) is 9.55 Å². The number of nitrogen functional groups attached to an aromatic ring is 1. The van der Waals surface area contributed by atoms with Crippen LogP contribution in [0.2, 0.25) is 0 Å². The molecule has 0 bridgehead atoms. The van der Waals surface area contributed by atoms with Crippen LogP contribution in [0.25, 0.3) is 22.4 Å². The summed E-state index contributed by atoms with van der Waals surface area (Å²) >= 11 is 2.30. The number of hydrogen-bond donors (Lipinski definition) is 1. The summed E-state index contributed by atoms with van der Waals surface area (Å²) in [4.78, 5) is 4.80. The van der Waals surface area contributed by atoms with Crippen LogP contribution in [0.3, 0.4) is 0 Å². The van der Waals surface area contributed by atoms with E-state index in [0.717, 1.165) is 38.2 Å². The van der Waals surface area contributed by atoms with Gasteiger partial charge in [-0.3, -0.25) is 0 Å². The molecule has 2 N–H and O–H groups in total. The molecule has 0 aliphatic rings. The largest absolute Gasteiger partial charge is 0.398 e. The van der Waals surface area contributed by atoms with E-state index in [-0.39, 0.29) is 0 Å². The molecule has 0 fully saturated rings. The zero-order chi connectivity index (χ0) is 14.3. The summed E-state index contributed by atoms with van der Waals surface area (Å²) in [6, 6.07) is 12.4. The van der Waals surface area contributed by atoms with E-state index in [9.17, 15) is 0 Å². The van der Waals surface area contributed by atoms with Crippen molar-refractivity contribution in [2.24, 2.45) is 0 Å². The molecule has 0 saturated heterocycles. The predicted octanol–water partition coefficient (Wildman–Crippen LogP) is 4.22. The molecule has 1 aromatic heterocycles. The predicted molar refractivity (Wildman–Crippen MR) is 92.7 cm³/mol. The topological polar surface area (TPSA) is 43.8 Å². The molecule has 102 valence electrons. The Labute approximate surface area is 132 Å². The Hall–Kier alpha value is -1.56. The van der Waals surface area contributed by atoms with E-state index < -0.39 is 0 Å². The van der Waals surface area contributed by atoms with Crippen molar-refractivity contribution in [2.45, 2.75) is 20.4 Å². The Kier molecular flexibility index (Phi) is 3.41. The molecule has 0 amide bonds. The molecular formula is C16H16IN3. The lowest BCUT2D eigenvalue weighted by atomic mass is 10.1. The summed E-state index contributed by atoms with van der Waals surface area (Å²) in [6.07, 6.45) is 0. The number of aryl methyl sites for hydroxylation is 2. The average Bonchev–Trinajstić information content (AvgIpc) is 2.78. The third kappa shape index (κ3) is 2.18. The minimum atomic E-state index is 0.771. The lowest BCUT2D eigenvalue weighted by Gasteiger charge is -2.09. The summed E-state index contributed by atoms with van der Waals surface area (Å²) < 4.78 is 3.38. The quantitative estimate of drug-likeness (QED) is 0.537. The number of nitrogens with two attached hydrogens (primary N) is 1. The fourth-order valence-corrected chi connectivity index (χ4v) is 2.98. The fraction of sp³-hybridized carbons (Fsp3) is 0.188.